The number of hydrogen-bond acceptors (Lipinski definition) is 6. The van der Waals surface area contributed by atoms with Crippen LogP contribution in [-0.4, -0.2) is 56.0 Å². The van der Waals surface area contributed by atoms with Crippen LogP contribution in [0.1, 0.15) is 20.7 Å². The molecule has 2 amide bonds. The maximum atomic E-state index is 12.3. The third-order valence-corrected chi connectivity index (χ3v) is 3.27. The first-order chi connectivity index (χ1) is 12.4. The minimum Gasteiger partial charge on any atom is -0.465 e. The van der Waals surface area contributed by atoms with Gasteiger partial charge in [-0.05, 0) is 18.2 Å². The number of nitrogens with one attached hydrogen (secondary N) is 1. The molecule has 0 saturated carbocycles. The van der Waals surface area contributed by atoms with Gasteiger partial charge < -0.3 is 19.7 Å². The van der Waals surface area contributed by atoms with Gasteiger partial charge in [-0.15, -0.1) is 13.2 Å². The van der Waals surface area contributed by atoms with Gasteiger partial charge in [0, 0.05) is 13.1 Å². The molecule has 0 aromatic heterocycles. The molecule has 0 fully saturated rings. The molecule has 0 spiro atoms. The van der Waals surface area contributed by atoms with E-state index in [1.54, 1.807) is 0 Å². The van der Waals surface area contributed by atoms with E-state index in [2.05, 4.69) is 27.9 Å². The molecule has 0 bridgehead atoms. The number of nitrogens with zero attached hydrogens (tertiary/aromatic N) is 1. The predicted molar refractivity (Wildman–Crippen MR) is 94.7 cm³/mol. The van der Waals surface area contributed by atoms with E-state index in [4.69, 9.17) is 0 Å². The minimum atomic E-state index is -0.985. The molecule has 1 aromatic rings. The maximum Gasteiger partial charge on any atom is 0.339 e. The smallest absolute Gasteiger partial charge is 0.339 e. The van der Waals surface area contributed by atoms with Crippen molar-refractivity contribution in [1.29, 1.82) is 0 Å². The summed E-state index contributed by atoms with van der Waals surface area (Å²) in [5, 5.41) is 2.33. The average Bonchev–Trinajstić information content (AvgIpc) is 2.65. The Labute approximate surface area is 151 Å². The normalized spacial score (nSPS) is 9.62. The molecule has 0 heterocycles. The molecular weight excluding hydrogens is 340 g/mol. The molecule has 0 aliphatic carbocycles. The molecule has 0 aliphatic heterocycles. The summed E-state index contributed by atoms with van der Waals surface area (Å²) in [4.78, 5) is 49.3. The van der Waals surface area contributed by atoms with Crippen molar-refractivity contribution in [1.82, 2.24) is 4.90 Å². The molecule has 0 unspecified atom stereocenters. The van der Waals surface area contributed by atoms with Gasteiger partial charge in [0.15, 0.2) is 0 Å². The first kappa shape index (κ1) is 20.6. The number of ether oxygens (including phenoxy) is 2. The van der Waals surface area contributed by atoms with Gasteiger partial charge in [0.05, 0.1) is 31.0 Å². The average molecular weight is 360 g/mol. The topological polar surface area (TPSA) is 102 Å². The number of hydrogen-bond donors (Lipinski definition) is 1. The quantitative estimate of drug-likeness (QED) is 0.448. The van der Waals surface area contributed by atoms with Gasteiger partial charge in [-0.2, -0.15) is 0 Å². The lowest BCUT2D eigenvalue weighted by Gasteiger charge is -2.19. The number of benzene rings is 1. The second-order valence-corrected chi connectivity index (χ2v) is 4.99. The Hall–Kier alpha value is -3.42. The SMILES string of the molecule is C=CCN(CC=C)C(=O)C(=O)Nc1cc(C(=O)OC)ccc1C(=O)OC. The van der Waals surface area contributed by atoms with Crippen molar-refractivity contribution in [2.75, 3.05) is 32.6 Å². The van der Waals surface area contributed by atoms with E-state index in [9.17, 15) is 19.2 Å². The Morgan fingerprint density at radius 1 is 1.04 bits per heavy atom. The van der Waals surface area contributed by atoms with Crippen LogP contribution in [0.5, 0.6) is 0 Å². The van der Waals surface area contributed by atoms with Crippen molar-refractivity contribution in [3.8, 4) is 0 Å². The number of anilines is 1. The molecule has 1 rings (SSSR count). The third kappa shape index (κ3) is 5.04. The summed E-state index contributed by atoms with van der Waals surface area (Å²) in [6.45, 7) is 7.34. The lowest BCUT2D eigenvalue weighted by atomic mass is 10.1. The largest absolute Gasteiger partial charge is 0.465 e. The molecule has 0 saturated heterocycles. The second-order valence-electron chi connectivity index (χ2n) is 4.99. The number of amides is 2. The summed E-state index contributed by atoms with van der Waals surface area (Å²) in [7, 11) is 2.37. The molecule has 1 aromatic carbocycles. The Kier molecular flexibility index (Phi) is 7.75. The summed E-state index contributed by atoms with van der Waals surface area (Å²) >= 11 is 0. The van der Waals surface area contributed by atoms with Crippen LogP contribution >= 0.6 is 0 Å². The van der Waals surface area contributed by atoms with E-state index < -0.39 is 23.8 Å². The number of methoxy groups -OCH3 is 2. The van der Waals surface area contributed by atoms with E-state index in [1.807, 2.05) is 0 Å². The Morgan fingerprint density at radius 2 is 1.62 bits per heavy atom. The molecule has 0 radical (unpaired) electrons. The van der Waals surface area contributed by atoms with Crippen molar-refractivity contribution in [3.63, 3.8) is 0 Å². The monoisotopic (exact) mass is 360 g/mol. The minimum absolute atomic E-state index is 0.0136. The molecule has 1 N–H and O–H groups in total. The van der Waals surface area contributed by atoms with Gasteiger partial charge in [0.25, 0.3) is 0 Å². The summed E-state index contributed by atoms with van der Waals surface area (Å²) < 4.78 is 9.25. The highest BCUT2D eigenvalue weighted by molar-refractivity contribution is 6.40. The number of esters is 2. The number of carbonyl (C=O) groups is 4. The highest BCUT2D eigenvalue weighted by atomic mass is 16.5. The second kappa shape index (κ2) is 9.77. The third-order valence-electron chi connectivity index (χ3n) is 3.27. The van der Waals surface area contributed by atoms with Crippen molar-refractivity contribution < 1.29 is 28.7 Å². The summed E-state index contributed by atoms with van der Waals surface area (Å²) in [5.74, 6) is -3.23. The van der Waals surface area contributed by atoms with Crippen molar-refractivity contribution in [2.45, 2.75) is 0 Å². The van der Waals surface area contributed by atoms with Gasteiger partial charge in [-0.25, -0.2) is 9.59 Å². The van der Waals surface area contributed by atoms with Crippen LogP contribution in [0, 0.1) is 0 Å². The van der Waals surface area contributed by atoms with Gasteiger partial charge >= 0.3 is 23.8 Å². The highest BCUT2D eigenvalue weighted by Gasteiger charge is 2.23. The van der Waals surface area contributed by atoms with Crippen LogP contribution in [0.3, 0.4) is 0 Å². The molecule has 138 valence electrons. The molecule has 0 atom stereocenters. The molecule has 26 heavy (non-hydrogen) atoms. The van der Waals surface area contributed by atoms with Crippen LogP contribution in [0.15, 0.2) is 43.5 Å². The van der Waals surface area contributed by atoms with Crippen LogP contribution < -0.4 is 5.32 Å². The molecule has 0 aliphatic rings. The first-order valence-corrected chi connectivity index (χ1v) is 7.52. The van der Waals surface area contributed by atoms with Gasteiger partial charge in [-0.3, -0.25) is 9.59 Å². The highest BCUT2D eigenvalue weighted by Crippen LogP contribution is 2.20. The van der Waals surface area contributed by atoms with E-state index >= 15 is 0 Å². The van der Waals surface area contributed by atoms with Crippen LogP contribution in [0.2, 0.25) is 0 Å². The fourth-order valence-electron chi connectivity index (χ4n) is 2.05. The maximum absolute atomic E-state index is 12.3. The van der Waals surface area contributed by atoms with E-state index in [1.165, 1.54) is 49.5 Å². The number of carbonyl (C=O) groups excluding carboxylic acids is 4. The van der Waals surface area contributed by atoms with Crippen molar-refractivity contribution >= 4 is 29.4 Å². The van der Waals surface area contributed by atoms with E-state index in [0.717, 1.165) is 0 Å². The molecule has 8 heteroatoms. The zero-order valence-corrected chi connectivity index (χ0v) is 14.6. The summed E-state index contributed by atoms with van der Waals surface area (Å²) in [5.41, 5.74) is 0.0347. The Morgan fingerprint density at radius 3 is 2.12 bits per heavy atom. The standard InChI is InChI=1S/C18H20N2O6/c1-5-9-20(10-6-2)16(22)15(21)19-14-11-12(17(23)25-3)7-8-13(14)18(24)26-4/h5-8,11H,1-2,9-10H2,3-4H3,(H,19,21). The summed E-state index contributed by atoms with van der Waals surface area (Å²) in [6, 6.07) is 3.87. The van der Waals surface area contributed by atoms with Crippen molar-refractivity contribution in [2.24, 2.45) is 0 Å². The van der Waals surface area contributed by atoms with Crippen LogP contribution in [0.25, 0.3) is 0 Å². The zero-order chi connectivity index (χ0) is 19.7. The molecular formula is C18H20N2O6. The van der Waals surface area contributed by atoms with E-state index in [0.29, 0.717) is 0 Å². The Bertz CT molecular complexity index is 731. The number of rotatable bonds is 7. The Balaban J connectivity index is 3.18. The van der Waals surface area contributed by atoms with Gasteiger partial charge in [0.1, 0.15) is 0 Å². The fraction of sp³-hybridized carbons (Fsp3) is 0.222. The van der Waals surface area contributed by atoms with Gasteiger partial charge in [-0.1, -0.05) is 12.2 Å². The predicted octanol–water partition coefficient (Wildman–Crippen LogP) is 1.40. The first-order valence-electron chi connectivity index (χ1n) is 7.52. The lowest BCUT2D eigenvalue weighted by Crippen LogP contribution is -2.40. The summed E-state index contributed by atoms with van der Waals surface area (Å²) in [6.07, 6.45) is 2.93. The van der Waals surface area contributed by atoms with Gasteiger partial charge in [0.2, 0.25) is 0 Å². The van der Waals surface area contributed by atoms with Crippen molar-refractivity contribution in [3.05, 3.63) is 54.6 Å². The van der Waals surface area contributed by atoms with E-state index in [-0.39, 0.29) is 29.9 Å². The van der Waals surface area contributed by atoms with Crippen LogP contribution in [0.4, 0.5) is 5.69 Å². The zero-order valence-electron chi connectivity index (χ0n) is 14.6. The lowest BCUT2D eigenvalue weighted by molar-refractivity contribution is -0.142. The molecule has 8 nitrogen and oxygen atoms in total. The van der Waals surface area contributed by atoms with Crippen LogP contribution in [-0.2, 0) is 19.1 Å². The fourth-order valence-corrected chi connectivity index (χ4v) is 2.05.